The molecule has 1 aliphatic rings. The van der Waals surface area contributed by atoms with Crippen molar-refractivity contribution in [2.45, 2.75) is 24.9 Å². The third-order valence-corrected chi connectivity index (χ3v) is 3.84. The molecule has 0 saturated heterocycles. The second-order valence-corrected chi connectivity index (χ2v) is 5.27. The molecule has 0 heterocycles. The van der Waals surface area contributed by atoms with Gasteiger partial charge in [0.15, 0.2) is 0 Å². The van der Waals surface area contributed by atoms with Crippen LogP contribution < -0.4 is 11.1 Å². The summed E-state index contributed by atoms with van der Waals surface area (Å²) in [5.41, 5.74) is 9.51. The Balaban J connectivity index is 1.64. The molecule has 0 fully saturated rings. The lowest BCUT2D eigenvalue weighted by atomic mass is 10.1. The van der Waals surface area contributed by atoms with Gasteiger partial charge in [-0.25, -0.2) is 0 Å². The van der Waals surface area contributed by atoms with Crippen molar-refractivity contribution in [2.75, 3.05) is 0 Å². The number of carbonyl (C=O) groups is 1. The van der Waals surface area contributed by atoms with Crippen molar-refractivity contribution in [2.24, 2.45) is 5.73 Å². The van der Waals surface area contributed by atoms with Crippen LogP contribution in [-0.4, -0.2) is 11.9 Å². The van der Waals surface area contributed by atoms with E-state index in [9.17, 15) is 4.79 Å². The van der Waals surface area contributed by atoms with E-state index in [0.717, 1.165) is 18.4 Å². The van der Waals surface area contributed by atoms with Gasteiger partial charge in [0.2, 0.25) is 5.91 Å². The molecule has 0 bridgehead atoms. The minimum absolute atomic E-state index is 0.103. The molecule has 1 aliphatic carbocycles. The van der Waals surface area contributed by atoms with E-state index in [2.05, 4.69) is 17.4 Å². The van der Waals surface area contributed by atoms with Gasteiger partial charge in [-0.15, -0.1) is 0 Å². The highest BCUT2D eigenvalue weighted by Gasteiger charge is 2.24. The van der Waals surface area contributed by atoms with Gasteiger partial charge in [-0.1, -0.05) is 54.6 Å². The van der Waals surface area contributed by atoms with E-state index in [4.69, 9.17) is 5.73 Å². The van der Waals surface area contributed by atoms with Crippen LogP contribution in [0.3, 0.4) is 0 Å². The smallest absolute Gasteiger partial charge is 0.241 e. The maximum atomic E-state index is 12.2. The van der Waals surface area contributed by atoms with Crippen LogP contribution in [0, 0.1) is 0 Å². The SMILES string of the molecule is NC(C(=O)NC1Cc2ccccc2C1)c1ccccc1. The molecule has 0 spiro atoms. The first-order valence-electron chi connectivity index (χ1n) is 6.92. The number of carbonyl (C=O) groups excluding carboxylic acids is 1. The summed E-state index contributed by atoms with van der Waals surface area (Å²) in [4.78, 5) is 12.2. The molecule has 1 amide bonds. The van der Waals surface area contributed by atoms with Crippen LogP contribution in [0.15, 0.2) is 54.6 Å². The van der Waals surface area contributed by atoms with Crippen LogP contribution in [0.2, 0.25) is 0 Å². The zero-order valence-corrected chi connectivity index (χ0v) is 11.3. The molecule has 3 rings (SSSR count). The average Bonchev–Trinajstić information content (AvgIpc) is 2.89. The number of hydrogen-bond donors (Lipinski definition) is 2. The molecule has 102 valence electrons. The number of nitrogens with one attached hydrogen (secondary N) is 1. The topological polar surface area (TPSA) is 55.1 Å². The molecule has 20 heavy (non-hydrogen) atoms. The Labute approximate surface area is 118 Å². The normalized spacial score (nSPS) is 15.7. The molecule has 0 radical (unpaired) electrons. The number of benzene rings is 2. The molecule has 0 aliphatic heterocycles. The summed E-state index contributed by atoms with van der Waals surface area (Å²) in [5.74, 6) is -0.103. The number of amides is 1. The predicted molar refractivity (Wildman–Crippen MR) is 79.2 cm³/mol. The van der Waals surface area contributed by atoms with Gasteiger partial charge in [0.25, 0.3) is 0 Å². The van der Waals surface area contributed by atoms with Crippen molar-refractivity contribution in [3.8, 4) is 0 Å². The molecule has 3 heteroatoms. The quantitative estimate of drug-likeness (QED) is 0.892. The summed E-state index contributed by atoms with van der Waals surface area (Å²) in [6.45, 7) is 0. The van der Waals surface area contributed by atoms with Gasteiger partial charge in [-0.3, -0.25) is 4.79 Å². The summed E-state index contributed by atoms with van der Waals surface area (Å²) < 4.78 is 0. The van der Waals surface area contributed by atoms with Crippen molar-refractivity contribution in [1.29, 1.82) is 0 Å². The minimum atomic E-state index is -0.597. The van der Waals surface area contributed by atoms with Crippen LogP contribution >= 0.6 is 0 Å². The molecular weight excluding hydrogens is 248 g/mol. The Morgan fingerprint density at radius 2 is 1.55 bits per heavy atom. The number of rotatable bonds is 3. The molecular formula is C17H18N2O. The van der Waals surface area contributed by atoms with E-state index in [1.807, 2.05) is 42.5 Å². The fourth-order valence-electron chi connectivity index (χ4n) is 2.76. The second-order valence-electron chi connectivity index (χ2n) is 5.27. The minimum Gasteiger partial charge on any atom is -0.351 e. The third-order valence-electron chi connectivity index (χ3n) is 3.84. The van der Waals surface area contributed by atoms with Crippen molar-refractivity contribution < 1.29 is 4.79 Å². The predicted octanol–water partition coefficient (Wildman–Crippen LogP) is 1.97. The molecule has 3 nitrogen and oxygen atoms in total. The highest BCUT2D eigenvalue weighted by atomic mass is 16.2. The Hall–Kier alpha value is -2.13. The monoisotopic (exact) mass is 266 g/mol. The van der Waals surface area contributed by atoms with Crippen molar-refractivity contribution in [1.82, 2.24) is 5.32 Å². The zero-order chi connectivity index (χ0) is 13.9. The van der Waals surface area contributed by atoms with Gasteiger partial charge in [-0.05, 0) is 29.5 Å². The van der Waals surface area contributed by atoms with Crippen LogP contribution in [0.25, 0.3) is 0 Å². The Morgan fingerprint density at radius 3 is 2.15 bits per heavy atom. The summed E-state index contributed by atoms with van der Waals surface area (Å²) in [6.07, 6.45) is 1.78. The Morgan fingerprint density at radius 1 is 1.00 bits per heavy atom. The van der Waals surface area contributed by atoms with E-state index >= 15 is 0 Å². The first-order chi connectivity index (χ1) is 9.74. The average molecular weight is 266 g/mol. The maximum Gasteiger partial charge on any atom is 0.241 e. The lowest BCUT2D eigenvalue weighted by Gasteiger charge is -2.16. The van der Waals surface area contributed by atoms with E-state index in [1.54, 1.807) is 0 Å². The van der Waals surface area contributed by atoms with Gasteiger partial charge in [0.05, 0.1) is 0 Å². The van der Waals surface area contributed by atoms with Gasteiger partial charge in [0.1, 0.15) is 6.04 Å². The fraction of sp³-hybridized carbons (Fsp3) is 0.235. The standard InChI is InChI=1S/C17H18N2O/c18-16(12-6-2-1-3-7-12)17(20)19-15-10-13-8-4-5-9-14(13)11-15/h1-9,15-16H,10-11,18H2,(H,19,20). The number of nitrogens with two attached hydrogens (primary N) is 1. The van der Waals surface area contributed by atoms with Crippen LogP contribution in [0.4, 0.5) is 0 Å². The van der Waals surface area contributed by atoms with Crippen LogP contribution in [-0.2, 0) is 17.6 Å². The van der Waals surface area contributed by atoms with Crippen LogP contribution in [0.5, 0.6) is 0 Å². The molecule has 3 N–H and O–H groups in total. The number of fused-ring (bicyclic) bond motifs is 1. The molecule has 0 saturated carbocycles. The van der Waals surface area contributed by atoms with E-state index in [1.165, 1.54) is 11.1 Å². The van der Waals surface area contributed by atoms with Crippen molar-refractivity contribution in [3.63, 3.8) is 0 Å². The van der Waals surface area contributed by atoms with Gasteiger partial charge in [0, 0.05) is 6.04 Å². The maximum absolute atomic E-state index is 12.2. The van der Waals surface area contributed by atoms with Crippen molar-refractivity contribution >= 4 is 5.91 Å². The zero-order valence-electron chi connectivity index (χ0n) is 11.3. The molecule has 2 aromatic carbocycles. The first kappa shape index (κ1) is 12.9. The Bertz CT molecular complexity index is 584. The second kappa shape index (κ2) is 5.47. The van der Waals surface area contributed by atoms with Gasteiger partial charge in [-0.2, -0.15) is 0 Å². The van der Waals surface area contributed by atoms with E-state index in [-0.39, 0.29) is 11.9 Å². The van der Waals surface area contributed by atoms with E-state index in [0.29, 0.717) is 0 Å². The third kappa shape index (κ3) is 2.58. The lowest BCUT2D eigenvalue weighted by molar-refractivity contribution is -0.123. The van der Waals surface area contributed by atoms with Gasteiger partial charge < -0.3 is 11.1 Å². The lowest BCUT2D eigenvalue weighted by Crippen LogP contribution is -2.41. The summed E-state index contributed by atoms with van der Waals surface area (Å²) in [6, 6.07) is 17.4. The largest absolute Gasteiger partial charge is 0.351 e. The summed E-state index contributed by atoms with van der Waals surface area (Å²) in [7, 11) is 0. The molecule has 2 aromatic rings. The fourth-order valence-corrected chi connectivity index (χ4v) is 2.76. The summed E-state index contributed by atoms with van der Waals surface area (Å²) >= 11 is 0. The van der Waals surface area contributed by atoms with Crippen LogP contribution in [0.1, 0.15) is 22.7 Å². The highest BCUT2D eigenvalue weighted by Crippen LogP contribution is 2.22. The van der Waals surface area contributed by atoms with Gasteiger partial charge >= 0.3 is 0 Å². The molecule has 1 unspecified atom stereocenters. The van der Waals surface area contributed by atoms with E-state index < -0.39 is 6.04 Å². The Kier molecular flexibility index (Phi) is 3.52. The first-order valence-corrected chi connectivity index (χ1v) is 6.92. The molecule has 1 atom stereocenters. The van der Waals surface area contributed by atoms with Crippen molar-refractivity contribution in [3.05, 3.63) is 71.3 Å². The molecule has 0 aromatic heterocycles. The summed E-state index contributed by atoms with van der Waals surface area (Å²) in [5, 5.41) is 3.06. The number of hydrogen-bond acceptors (Lipinski definition) is 2. The highest BCUT2D eigenvalue weighted by molar-refractivity contribution is 5.83.